The Morgan fingerprint density at radius 1 is 0.784 bits per heavy atom. The van der Waals surface area contributed by atoms with E-state index in [9.17, 15) is 0 Å². The normalized spacial score (nSPS) is 11.8. The van der Waals surface area contributed by atoms with Gasteiger partial charge < -0.3 is 25.7 Å². The van der Waals surface area contributed by atoms with Crippen LogP contribution in [-0.2, 0) is 148 Å². The van der Waals surface area contributed by atoms with E-state index in [1.54, 1.807) is 24.5 Å². The average molecular weight is 1170 g/mol. The zero-order valence-corrected chi connectivity index (χ0v) is 46.1. The number of nitrogens with zero attached hydrogens (tertiary/aromatic N) is 4. The molecule has 4 radical (unpaired) electrons. The largest absolute Gasteiger partial charge is 0.394 e. The van der Waals surface area contributed by atoms with Gasteiger partial charge in [-0.15, -0.1) is 57.1 Å². The molecule has 1 saturated heterocycles. The summed E-state index contributed by atoms with van der Waals surface area (Å²) in [6.07, 6.45) is 22.9. The molecule has 1 atom stereocenters. The van der Waals surface area contributed by atoms with Gasteiger partial charge in [0.15, 0.2) is 5.17 Å². The molecule has 1 aliphatic rings. The van der Waals surface area contributed by atoms with Gasteiger partial charge in [-0.2, -0.15) is 72.1 Å². The van der Waals surface area contributed by atoms with E-state index >= 15 is 0 Å². The van der Waals surface area contributed by atoms with E-state index in [2.05, 4.69) is 66.7 Å². The molecular formula is C34H40BrCl3N6S3Y4-4. The number of aromatic nitrogens is 4. The van der Waals surface area contributed by atoms with Crippen molar-refractivity contribution in [2.24, 2.45) is 5.73 Å². The van der Waals surface area contributed by atoms with Crippen molar-refractivity contribution in [1.82, 2.24) is 19.9 Å². The summed E-state index contributed by atoms with van der Waals surface area (Å²) in [5.41, 5.74) is 9.87. The van der Waals surface area contributed by atoms with Crippen molar-refractivity contribution in [2.45, 2.75) is 48.3 Å². The molecule has 1 unspecified atom stereocenters. The van der Waals surface area contributed by atoms with Crippen LogP contribution in [-0.4, -0.2) is 53.7 Å². The zero-order chi connectivity index (χ0) is 34.2. The molecule has 1 fully saturated rings. The second-order valence-corrected chi connectivity index (χ2v) is 14.5. The second kappa shape index (κ2) is 45.6. The van der Waals surface area contributed by atoms with E-state index in [1.807, 2.05) is 66.2 Å². The van der Waals surface area contributed by atoms with E-state index in [-0.39, 0.29) is 136 Å². The first-order chi connectivity index (χ1) is 23.0. The smallest absolute Gasteiger partial charge is 0.151 e. The summed E-state index contributed by atoms with van der Waals surface area (Å²) in [5.74, 6) is 6.22. The standard InChI is InChI=1S/C9H11ClNS.C9H10NS.C7H8N3S.C6H5ClN.C3H6BrCl.4Y/c10-4-2-6-12-8-9-3-1-5-11-7-9;1-3-8(7-10-5-1)9-4-2-6-11-9;8-7(9)11-5-6-2-1-3-10-4-6;7-4-6-2-1-3-8-5-6;4-2-1-3-5;;;;/h1,3,7H,2,4,6,8H2;1,3,7,9H,2,4,6H2;1-2,4H,5H2,(H3,8,9);1-2,5H,4H2;1-3H2;;;;/q4*-1;;;;;. The topological polar surface area (TPSA) is 101 Å². The minimum atomic E-state index is 0. The molecule has 0 aromatic carbocycles. The van der Waals surface area contributed by atoms with Crippen LogP contribution in [0.4, 0.5) is 0 Å². The second-order valence-electron chi connectivity index (χ2n) is 9.22. The number of amidine groups is 1. The Bertz CT molecular complexity index is 1270. The third-order valence-corrected chi connectivity index (χ3v) is 10.2. The summed E-state index contributed by atoms with van der Waals surface area (Å²) < 4.78 is 0. The Kier molecular flexibility index (Phi) is 54.1. The molecule has 268 valence electrons. The molecule has 4 aromatic heterocycles. The molecule has 4 aromatic rings. The molecule has 5 heterocycles. The van der Waals surface area contributed by atoms with E-state index in [0.717, 1.165) is 52.6 Å². The van der Waals surface area contributed by atoms with Crippen LogP contribution in [0.3, 0.4) is 0 Å². The molecule has 51 heavy (non-hydrogen) atoms. The summed E-state index contributed by atoms with van der Waals surface area (Å²) in [4.78, 5) is 15.5. The maximum atomic E-state index is 6.96. The fourth-order valence-corrected chi connectivity index (χ4v) is 7.08. The average Bonchev–Trinajstić information content (AvgIpc) is 3.68. The predicted octanol–water partition coefficient (Wildman–Crippen LogP) is 9.82. The number of rotatable bonds is 11. The first-order valence-electron chi connectivity index (χ1n) is 14.7. The van der Waals surface area contributed by atoms with Gasteiger partial charge in [0.25, 0.3) is 0 Å². The first-order valence-corrected chi connectivity index (χ1v) is 20.6. The first kappa shape index (κ1) is 60.6. The summed E-state index contributed by atoms with van der Waals surface area (Å²) in [7, 11) is 0. The van der Waals surface area contributed by atoms with Crippen LogP contribution in [0.15, 0.2) is 73.3 Å². The number of alkyl halides is 4. The minimum Gasteiger partial charge on any atom is -0.394 e. The number of thioether (sulfide) groups is 3. The van der Waals surface area contributed by atoms with Crippen molar-refractivity contribution in [3.8, 4) is 0 Å². The molecular weight excluding hydrogens is 1130 g/mol. The molecule has 5 rings (SSSR count). The van der Waals surface area contributed by atoms with Gasteiger partial charge in [0, 0.05) is 165 Å². The third-order valence-electron chi connectivity index (χ3n) is 5.48. The molecule has 0 aliphatic carbocycles. The van der Waals surface area contributed by atoms with Crippen LogP contribution in [0.25, 0.3) is 0 Å². The Balaban J connectivity index is -0.000000272. The zero-order valence-electron chi connectivity index (χ0n) is 28.4. The minimum absolute atomic E-state index is 0. The van der Waals surface area contributed by atoms with Crippen LogP contribution >= 0.6 is 86.0 Å². The van der Waals surface area contributed by atoms with E-state index in [1.165, 1.54) is 41.5 Å². The van der Waals surface area contributed by atoms with Crippen molar-refractivity contribution in [3.05, 3.63) is 120 Å². The summed E-state index contributed by atoms with van der Waals surface area (Å²) >= 11 is 24.7. The summed E-state index contributed by atoms with van der Waals surface area (Å²) in [5, 5.41) is 8.82. The van der Waals surface area contributed by atoms with Crippen LogP contribution in [0.2, 0.25) is 0 Å². The summed E-state index contributed by atoms with van der Waals surface area (Å²) in [6, 6.07) is 15.2. The van der Waals surface area contributed by atoms with Crippen molar-refractivity contribution in [1.29, 1.82) is 5.41 Å². The Hall–Kier alpha value is 2.89. The van der Waals surface area contributed by atoms with Crippen molar-refractivity contribution in [2.75, 3.05) is 28.6 Å². The number of nitrogens with one attached hydrogen (secondary N) is 1. The molecule has 0 bridgehead atoms. The SMILES string of the molecule is ClCCCBr.ClCCCSCc1cc[c-]nc1.ClCc1cc[c-]nc1.N=C(N)SCc1cc[c-]nc1.[Y].[Y].[Y].[Y].[c-]1ccc(C2CCCS2)cn1. The Morgan fingerprint density at radius 3 is 1.65 bits per heavy atom. The maximum absolute atomic E-state index is 6.96. The van der Waals surface area contributed by atoms with Crippen LogP contribution in [0.1, 0.15) is 53.2 Å². The fraction of sp³-hybridized carbons (Fsp3) is 0.382. The van der Waals surface area contributed by atoms with Crippen molar-refractivity contribution < 1.29 is 131 Å². The predicted molar refractivity (Wildman–Crippen MR) is 210 cm³/mol. The number of hydrogen-bond donors (Lipinski definition) is 2. The van der Waals surface area contributed by atoms with Gasteiger partial charge in [-0.05, 0) is 42.9 Å². The Labute approximate surface area is 442 Å². The van der Waals surface area contributed by atoms with Gasteiger partial charge in [0.1, 0.15) is 0 Å². The molecule has 1 aliphatic heterocycles. The van der Waals surface area contributed by atoms with E-state index in [4.69, 9.17) is 45.9 Å². The Morgan fingerprint density at radius 2 is 1.29 bits per heavy atom. The number of pyridine rings is 4. The van der Waals surface area contributed by atoms with Gasteiger partial charge in [-0.3, -0.25) is 5.41 Å². The number of nitrogens with two attached hydrogens (primary N) is 1. The summed E-state index contributed by atoms with van der Waals surface area (Å²) in [6.45, 7) is 0. The molecule has 0 spiro atoms. The third kappa shape index (κ3) is 36.9. The molecule has 17 heteroatoms. The quantitative estimate of drug-likeness (QED) is 0.0504. The van der Waals surface area contributed by atoms with Gasteiger partial charge in [0.2, 0.25) is 0 Å². The molecule has 0 saturated carbocycles. The molecule has 6 nitrogen and oxygen atoms in total. The fourth-order valence-electron chi connectivity index (χ4n) is 3.22. The monoisotopic (exact) mass is 1170 g/mol. The van der Waals surface area contributed by atoms with Gasteiger partial charge in [-0.25, -0.2) is 0 Å². The van der Waals surface area contributed by atoms with Gasteiger partial charge >= 0.3 is 0 Å². The van der Waals surface area contributed by atoms with E-state index in [0.29, 0.717) is 16.9 Å². The van der Waals surface area contributed by atoms with Crippen LogP contribution in [0, 0.1) is 30.2 Å². The van der Waals surface area contributed by atoms with Gasteiger partial charge in [-0.1, -0.05) is 77.3 Å². The van der Waals surface area contributed by atoms with Crippen LogP contribution in [0.5, 0.6) is 0 Å². The number of hydrogen-bond acceptors (Lipinski definition) is 8. The van der Waals surface area contributed by atoms with Crippen molar-refractivity contribution in [3.63, 3.8) is 0 Å². The van der Waals surface area contributed by atoms with Crippen molar-refractivity contribution >= 4 is 91.2 Å². The number of halogens is 4. The maximum Gasteiger partial charge on any atom is 0.151 e. The van der Waals surface area contributed by atoms with E-state index < -0.39 is 0 Å². The van der Waals surface area contributed by atoms with Gasteiger partial charge in [0.05, 0.1) is 0 Å². The molecule has 3 N–H and O–H groups in total. The molecule has 0 amide bonds. The van der Waals surface area contributed by atoms with Crippen LogP contribution < -0.4 is 5.73 Å².